The molecular weight excluding hydrogens is 368 g/mol. The minimum Gasteiger partial charge on any atom is -0.496 e. The first-order valence-corrected chi connectivity index (χ1v) is 9.29. The van der Waals surface area contributed by atoms with Crippen LogP contribution in [0.2, 0.25) is 5.02 Å². The maximum atomic E-state index is 12.5. The topological polar surface area (TPSA) is 51.2 Å². The molecule has 0 radical (unpaired) electrons. The fourth-order valence-corrected chi connectivity index (χ4v) is 3.33. The molecule has 26 heavy (non-hydrogen) atoms. The summed E-state index contributed by atoms with van der Waals surface area (Å²) in [7, 11) is 1.51. The number of nitrogens with one attached hydrogen (secondary N) is 1. The van der Waals surface area contributed by atoms with Gasteiger partial charge in [0.15, 0.2) is 0 Å². The summed E-state index contributed by atoms with van der Waals surface area (Å²) >= 11 is 7.65. The molecular formula is C20H17ClN2O2S. The zero-order valence-electron chi connectivity index (χ0n) is 14.1. The summed E-state index contributed by atoms with van der Waals surface area (Å²) in [5.74, 6) is 1.05. The van der Waals surface area contributed by atoms with Crippen molar-refractivity contribution in [1.82, 2.24) is 4.98 Å². The highest BCUT2D eigenvalue weighted by molar-refractivity contribution is 7.98. The van der Waals surface area contributed by atoms with Crippen LogP contribution in [0.3, 0.4) is 0 Å². The number of aromatic nitrogens is 1. The summed E-state index contributed by atoms with van der Waals surface area (Å²) in [6, 6.07) is 16.6. The Morgan fingerprint density at radius 3 is 2.69 bits per heavy atom. The van der Waals surface area contributed by atoms with Crippen LogP contribution in [0.4, 0.5) is 5.69 Å². The van der Waals surface area contributed by atoms with Crippen LogP contribution in [0.25, 0.3) is 0 Å². The van der Waals surface area contributed by atoms with Crippen LogP contribution in [0.5, 0.6) is 5.75 Å². The SMILES string of the molecule is COc1cc(Cl)ccc1C(=O)Nc1ccc(SCc2cccnc2)cc1. The molecule has 0 atom stereocenters. The zero-order valence-corrected chi connectivity index (χ0v) is 15.7. The van der Waals surface area contributed by atoms with Crippen molar-refractivity contribution < 1.29 is 9.53 Å². The average molecular weight is 385 g/mol. The molecule has 0 unspecified atom stereocenters. The molecule has 3 aromatic rings. The van der Waals surface area contributed by atoms with E-state index in [0.717, 1.165) is 16.3 Å². The Kier molecular flexibility index (Phi) is 6.15. The van der Waals surface area contributed by atoms with Crippen molar-refractivity contribution in [1.29, 1.82) is 0 Å². The van der Waals surface area contributed by atoms with Crippen LogP contribution >= 0.6 is 23.4 Å². The van der Waals surface area contributed by atoms with Crippen molar-refractivity contribution in [3.63, 3.8) is 0 Å². The van der Waals surface area contributed by atoms with Gasteiger partial charge in [-0.3, -0.25) is 9.78 Å². The third-order valence-electron chi connectivity index (χ3n) is 3.65. The molecule has 0 saturated heterocycles. The van der Waals surface area contributed by atoms with E-state index in [2.05, 4.69) is 10.3 Å². The van der Waals surface area contributed by atoms with Gasteiger partial charge in [0.2, 0.25) is 0 Å². The second-order valence-corrected chi connectivity index (χ2v) is 6.96. The normalized spacial score (nSPS) is 10.4. The molecule has 4 nitrogen and oxygen atoms in total. The first-order valence-electron chi connectivity index (χ1n) is 7.92. The Balaban J connectivity index is 1.63. The summed E-state index contributed by atoms with van der Waals surface area (Å²) in [4.78, 5) is 17.7. The van der Waals surface area contributed by atoms with Crippen molar-refractivity contribution >= 4 is 35.0 Å². The molecule has 0 aliphatic rings. The molecule has 0 aliphatic carbocycles. The molecule has 0 fully saturated rings. The minimum absolute atomic E-state index is 0.241. The van der Waals surface area contributed by atoms with Gasteiger partial charge in [0, 0.05) is 33.8 Å². The number of rotatable bonds is 6. The van der Waals surface area contributed by atoms with Crippen molar-refractivity contribution in [2.75, 3.05) is 12.4 Å². The number of amides is 1. The Bertz CT molecular complexity index is 886. The molecule has 6 heteroatoms. The zero-order chi connectivity index (χ0) is 18.4. The average Bonchev–Trinajstić information content (AvgIpc) is 2.68. The van der Waals surface area contributed by atoms with E-state index in [9.17, 15) is 4.79 Å². The highest BCUT2D eigenvalue weighted by Gasteiger charge is 2.13. The highest BCUT2D eigenvalue weighted by atomic mass is 35.5. The molecule has 0 saturated carbocycles. The number of carbonyl (C=O) groups excluding carboxylic acids is 1. The van der Waals surface area contributed by atoms with Gasteiger partial charge in [-0.15, -0.1) is 11.8 Å². The first-order chi connectivity index (χ1) is 12.7. The maximum absolute atomic E-state index is 12.5. The number of hydrogen-bond donors (Lipinski definition) is 1. The number of anilines is 1. The number of carbonyl (C=O) groups is 1. The summed E-state index contributed by atoms with van der Waals surface area (Å²) in [6.45, 7) is 0. The largest absolute Gasteiger partial charge is 0.496 e. The van der Waals surface area contributed by atoms with Gasteiger partial charge < -0.3 is 10.1 Å². The van der Waals surface area contributed by atoms with Crippen LogP contribution in [0.15, 0.2) is 71.9 Å². The molecule has 132 valence electrons. The van der Waals surface area contributed by atoms with E-state index in [0.29, 0.717) is 16.3 Å². The quantitative estimate of drug-likeness (QED) is 0.587. The van der Waals surface area contributed by atoms with Gasteiger partial charge in [0.05, 0.1) is 12.7 Å². The molecule has 3 rings (SSSR count). The predicted molar refractivity (Wildman–Crippen MR) is 106 cm³/mol. The molecule has 1 amide bonds. The van der Waals surface area contributed by atoms with Crippen LogP contribution in [0, 0.1) is 0 Å². The number of pyridine rings is 1. The number of benzene rings is 2. The Morgan fingerprint density at radius 2 is 2.00 bits per heavy atom. The van der Waals surface area contributed by atoms with Gasteiger partial charge in [0.1, 0.15) is 5.75 Å². The fraction of sp³-hybridized carbons (Fsp3) is 0.100. The van der Waals surface area contributed by atoms with Crippen molar-refractivity contribution in [3.05, 3.63) is 83.1 Å². The van der Waals surface area contributed by atoms with Crippen LogP contribution in [0.1, 0.15) is 15.9 Å². The molecule has 1 aromatic heterocycles. The second kappa shape index (κ2) is 8.74. The summed E-state index contributed by atoms with van der Waals surface area (Å²) in [5.41, 5.74) is 2.33. The Hall–Kier alpha value is -2.50. The predicted octanol–water partition coefficient (Wildman–Crippen LogP) is 5.29. The summed E-state index contributed by atoms with van der Waals surface area (Å²) in [6.07, 6.45) is 3.63. The van der Waals surface area contributed by atoms with Crippen molar-refractivity contribution in [2.24, 2.45) is 0 Å². The molecule has 0 spiro atoms. The lowest BCUT2D eigenvalue weighted by Crippen LogP contribution is -2.13. The molecule has 0 bridgehead atoms. The van der Waals surface area contributed by atoms with Crippen LogP contribution in [-0.4, -0.2) is 18.0 Å². The number of halogens is 1. The van der Waals surface area contributed by atoms with E-state index in [1.54, 1.807) is 36.2 Å². The Labute approximate surface area is 161 Å². The maximum Gasteiger partial charge on any atom is 0.259 e. The van der Waals surface area contributed by atoms with Crippen molar-refractivity contribution in [3.8, 4) is 5.75 Å². The highest BCUT2D eigenvalue weighted by Crippen LogP contribution is 2.26. The smallest absolute Gasteiger partial charge is 0.259 e. The van der Waals surface area contributed by atoms with E-state index in [-0.39, 0.29) is 5.91 Å². The van der Waals surface area contributed by atoms with Crippen LogP contribution < -0.4 is 10.1 Å². The molecule has 2 aromatic carbocycles. The lowest BCUT2D eigenvalue weighted by atomic mass is 10.2. The third-order valence-corrected chi connectivity index (χ3v) is 4.97. The Morgan fingerprint density at radius 1 is 1.19 bits per heavy atom. The van der Waals surface area contributed by atoms with Gasteiger partial charge in [-0.2, -0.15) is 0 Å². The number of ether oxygens (including phenoxy) is 1. The van der Waals surface area contributed by atoms with E-state index >= 15 is 0 Å². The van der Waals surface area contributed by atoms with Gasteiger partial charge in [-0.05, 0) is 54.1 Å². The van der Waals surface area contributed by atoms with E-state index in [1.165, 1.54) is 12.7 Å². The molecule has 1 N–H and O–H groups in total. The molecule has 0 aliphatic heterocycles. The third kappa shape index (κ3) is 4.77. The standard InChI is InChI=1S/C20H17ClN2O2S/c1-25-19-11-15(21)4-9-18(19)20(24)23-16-5-7-17(8-6-16)26-13-14-3-2-10-22-12-14/h2-12H,13H2,1H3,(H,23,24). The van der Waals surface area contributed by atoms with Gasteiger partial charge >= 0.3 is 0 Å². The van der Waals surface area contributed by atoms with Gasteiger partial charge in [-0.25, -0.2) is 0 Å². The monoisotopic (exact) mass is 384 g/mol. The first kappa shape index (κ1) is 18.3. The number of hydrogen-bond acceptors (Lipinski definition) is 4. The van der Waals surface area contributed by atoms with E-state index in [1.807, 2.05) is 42.6 Å². The van der Waals surface area contributed by atoms with E-state index < -0.39 is 0 Å². The molecule has 1 heterocycles. The minimum atomic E-state index is -0.241. The number of thioether (sulfide) groups is 1. The summed E-state index contributed by atoms with van der Waals surface area (Å²) in [5, 5.41) is 3.39. The lowest BCUT2D eigenvalue weighted by Gasteiger charge is -2.10. The fourth-order valence-electron chi connectivity index (χ4n) is 2.34. The number of nitrogens with zero attached hydrogens (tertiary/aromatic N) is 1. The number of methoxy groups -OCH3 is 1. The van der Waals surface area contributed by atoms with Crippen LogP contribution in [-0.2, 0) is 5.75 Å². The van der Waals surface area contributed by atoms with E-state index in [4.69, 9.17) is 16.3 Å². The van der Waals surface area contributed by atoms with Gasteiger partial charge in [-0.1, -0.05) is 17.7 Å². The second-order valence-electron chi connectivity index (χ2n) is 5.47. The van der Waals surface area contributed by atoms with Crippen molar-refractivity contribution in [2.45, 2.75) is 10.6 Å². The summed E-state index contributed by atoms with van der Waals surface area (Å²) < 4.78 is 5.22. The van der Waals surface area contributed by atoms with Gasteiger partial charge in [0.25, 0.3) is 5.91 Å². The lowest BCUT2D eigenvalue weighted by molar-refractivity contribution is 0.102.